The number of aromatic nitrogens is 1. The van der Waals surface area contributed by atoms with Crippen LogP contribution in [-0.4, -0.2) is 11.6 Å². The smallest absolute Gasteiger partial charge is 0.0531 e. The first-order valence-corrected chi connectivity index (χ1v) is 13.2. The number of para-hydroxylation sites is 1. The van der Waals surface area contributed by atoms with Crippen molar-refractivity contribution >= 4 is 22.3 Å². The third-order valence-electron chi connectivity index (χ3n) is 6.22. The minimum absolute atomic E-state index is 0.648. The third kappa shape index (κ3) is 6.80. The van der Waals surface area contributed by atoms with Crippen LogP contribution < -0.4 is 4.90 Å². The van der Waals surface area contributed by atoms with Crippen molar-refractivity contribution in [2.45, 2.75) is 34.6 Å². The van der Waals surface area contributed by atoms with Crippen LogP contribution in [0.15, 0.2) is 122 Å². The van der Waals surface area contributed by atoms with E-state index in [2.05, 4.69) is 147 Å². The Kier molecular flexibility index (Phi) is 9.92. The first-order valence-electron chi connectivity index (χ1n) is 13.2. The highest BCUT2D eigenvalue weighted by atomic mass is 15.1. The number of allylic oxidation sites excluding steroid dienone is 1. The van der Waals surface area contributed by atoms with Crippen LogP contribution in [0.5, 0.6) is 0 Å². The standard InChI is InChI=1S/C28H24N2.C5H10.C2H6/c1-21-20-24-10-6-7-11-28(24)30(21)27-18-16-26(17-19-27)29(2)25-14-12-23(13-15-25)22-8-4-3-5-9-22;1-4-5(2)3;1-2/h3-20H,1-2H3;4-5H,1H2,2-3H3;1-2H3. The monoisotopic (exact) mass is 488 g/mol. The molecule has 37 heavy (non-hydrogen) atoms. The van der Waals surface area contributed by atoms with Gasteiger partial charge in [0.15, 0.2) is 0 Å². The summed E-state index contributed by atoms with van der Waals surface area (Å²) in [6, 6.07) is 38.8. The van der Waals surface area contributed by atoms with Crippen molar-refractivity contribution in [3.05, 3.63) is 128 Å². The molecule has 0 atom stereocenters. The Morgan fingerprint density at radius 3 is 1.76 bits per heavy atom. The summed E-state index contributed by atoms with van der Waals surface area (Å²) in [5, 5.41) is 1.27. The van der Waals surface area contributed by atoms with E-state index in [4.69, 9.17) is 0 Å². The fourth-order valence-electron chi connectivity index (χ4n) is 4.12. The summed E-state index contributed by atoms with van der Waals surface area (Å²) in [7, 11) is 2.11. The van der Waals surface area contributed by atoms with Gasteiger partial charge in [-0.25, -0.2) is 0 Å². The molecule has 5 aromatic rings. The third-order valence-corrected chi connectivity index (χ3v) is 6.22. The normalized spacial score (nSPS) is 10.2. The van der Waals surface area contributed by atoms with Gasteiger partial charge in [0.2, 0.25) is 0 Å². The maximum atomic E-state index is 3.56. The van der Waals surface area contributed by atoms with Crippen LogP contribution in [0.25, 0.3) is 27.7 Å². The van der Waals surface area contributed by atoms with Crippen LogP contribution in [0.4, 0.5) is 11.4 Å². The van der Waals surface area contributed by atoms with Gasteiger partial charge in [0.05, 0.1) is 5.52 Å². The molecule has 0 aliphatic rings. The SMILES string of the molecule is C=CC(C)C.CC.Cc1cc2ccccc2n1-c1ccc(N(C)c2ccc(-c3ccccc3)cc2)cc1. The molecule has 2 heteroatoms. The van der Waals surface area contributed by atoms with Gasteiger partial charge < -0.3 is 9.47 Å². The van der Waals surface area contributed by atoms with E-state index >= 15 is 0 Å². The van der Waals surface area contributed by atoms with E-state index in [0.717, 1.165) is 0 Å². The van der Waals surface area contributed by atoms with Gasteiger partial charge >= 0.3 is 0 Å². The Morgan fingerprint density at radius 1 is 0.703 bits per heavy atom. The molecular formula is C35H40N2. The zero-order valence-electron chi connectivity index (χ0n) is 23.1. The second-order valence-electron chi connectivity index (χ2n) is 9.15. The Morgan fingerprint density at radius 2 is 1.19 bits per heavy atom. The second kappa shape index (κ2) is 13.3. The zero-order valence-corrected chi connectivity index (χ0v) is 23.1. The minimum atomic E-state index is 0.648. The molecule has 1 heterocycles. The van der Waals surface area contributed by atoms with Gasteiger partial charge in [-0.3, -0.25) is 0 Å². The lowest BCUT2D eigenvalue weighted by atomic mass is 10.1. The van der Waals surface area contributed by atoms with Crippen LogP contribution >= 0.6 is 0 Å². The largest absolute Gasteiger partial charge is 0.345 e. The summed E-state index contributed by atoms with van der Waals surface area (Å²) < 4.78 is 2.31. The quantitative estimate of drug-likeness (QED) is 0.223. The van der Waals surface area contributed by atoms with Crippen molar-refractivity contribution in [1.29, 1.82) is 0 Å². The van der Waals surface area contributed by atoms with E-state index < -0.39 is 0 Å². The van der Waals surface area contributed by atoms with Gasteiger partial charge in [0.1, 0.15) is 0 Å². The van der Waals surface area contributed by atoms with Crippen LogP contribution in [0.3, 0.4) is 0 Å². The number of rotatable bonds is 5. The van der Waals surface area contributed by atoms with Gasteiger partial charge in [0, 0.05) is 35.2 Å². The van der Waals surface area contributed by atoms with Crippen molar-refractivity contribution in [2.24, 2.45) is 5.92 Å². The van der Waals surface area contributed by atoms with Gasteiger partial charge in [0.25, 0.3) is 0 Å². The number of nitrogens with zero attached hydrogens (tertiary/aromatic N) is 2. The van der Waals surface area contributed by atoms with Crippen molar-refractivity contribution < 1.29 is 0 Å². The predicted octanol–water partition coefficient (Wildman–Crippen LogP) is 10.2. The van der Waals surface area contributed by atoms with Crippen molar-refractivity contribution in [2.75, 3.05) is 11.9 Å². The molecule has 4 aromatic carbocycles. The van der Waals surface area contributed by atoms with E-state index in [-0.39, 0.29) is 0 Å². The van der Waals surface area contributed by atoms with Crippen molar-refractivity contribution in [1.82, 2.24) is 4.57 Å². The van der Waals surface area contributed by atoms with Gasteiger partial charge in [-0.1, -0.05) is 94.4 Å². The summed E-state index contributed by atoms with van der Waals surface area (Å²) in [6.45, 7) is 13.9. The molecule has 0 spiro atoms. The van der Waals surface area contributed by atoms with E-state index in [1.807, 2.05) is 26.0 Å². The number of hydrogen-bond acceptors (Lipinski definition) is 1. The molecule has 1 aromatic heterocycles. The van der Waals surface area contributed by atoms with E-state index in [1.165, 1.54) is 44.8 Å². The molecule has 0 saturated heterocycles. The zero-order chi connectivity index (χ0) is 26.8. The fraction of sp³-hybridized carbons (Fsp3) is 0.200. The molecule has 0 amide bonds. The van der Waals surface area contributed by atoms with Gasteiger partial charge in [-0.15, -0.1) is 6.58 Å². The average molecular weight is 489 g/mol. The van der Waals surface area contributed by atoms with Gasteiger partial charge in [-0.05, 0) is 72.5 Å². The lowest BCUT2D eigenvalue weighted by Gasteiger charge is -2.20. The maximum absolute atomic E-state index is 3.56. The number of anilines is 2. The van der Waals surface area contributed by atoms with Crippen LogP contribution in [-0.2, 0) is 0 Å². The highest BCUT2D eigenvalue weighted by Gasteiger charge is 2.09. The van der Waals surface area contributed by atoms with Gasteiger partial charge in [-0.2, -0.15) is 0 Å². The molecule has 0 N–H and O–H groups in total. The van der Waals surface area contributed by atoms with Crippen molar-refractivity contribution in [3.63, 3.8) is 0 Å². The molecule has 0 bridgehead atoms. The summed E-state index contributed by atoms with van der Waals surface area (Å²) in [4.78, 5) is 2.22. The Balaban J connectivity index is 0.000000489. The second-order valence-corrected chi connectivity index (χ2v) is 9.15. The summed E-state index contributed by atoms with van der Waals surface area (Å²) in [5.41, 5.74) is 8.49. The Hall–Kier alpha value is -4.04. The highest BCUT2D eigenvalue weighted by Crippen LogP contribution is 2.29. The molecule has 0 saturated carbocycles. The molecule has 0 radical (unpaired) electrons. The fourth-order valence-corrected chi connectivity index (χ4v) is 4.12. The molecule has 2 nitrogen and oxygen atoms in total. The molecule has 0 unspecified atom stereocenters. The Bertz CT molecular complexity index is 1380. The number of hydrogen-bond donors (Lipinski definition) is 0. The minimum Gasteiger partial charge on any atom is -0.345 e. The molecule has 190 valence electrons. The summed E-state index contributed by atoms with van der Waals surface area (Å²) >= 11 is 0. The first kappa shape index (κ1) is 27.5. The number of aryl methyl sites for hydroxylation is 1. The van der Waals surface area contributed by atoms with E-state index in [9.17, 15) is 0 Å². The predicted molar refractivity (Wildman–Crippen MR) is 164 cm³/mol. The van der Waals surface area contributed by atoms with E-state index in [0.29, 0.717) is 5.92 Å². The molecular weight excluding hydrogens is 448 g/mol. The average Bonchev–Trinajstić information content (AvgIpc) is 3.30. The summed E-state index contributed by atoms with van der Waals surface area (Å²) in [5.74, 6) is 0.648. The molecule has 0 fully saturated rings. The van der Waals surface area contributed by atoms with Crippen molar-refractivity contribution in [3.8, 4) is 16.8 Å². The van der Waals surface area contributed by atoms with Crippen LogP contribution in [0.1, 0.15) is 33.4 Å². The maximum Gasteiger partial charge on any atom is 0.0531 e. The first-order chi connectivity index (χ1) is 18.0. The lowest BCUT2D eigenvalue weighted by Crippen LogP contribution is -2.09. The molecule has 0 aliphatic carbocycles. The Labute approximate surface area is 223 Å². The van der Waals surface area contributed by atoms with E-state index in [1.54, 1.807) is 0 Å². The highest BCUT2D eigenvalue weighted by molar-refractivity contribution is 5.83. The number of fused-ring (bicyclic) bond motifs is 1. The van der Waals surface area contributed by atoms with Crippen LogP contribution in [0.2, 0.25) is 0 Å². The van der Waals surface area contributed by atoms with Crippen LogP contribution in [0, 0.1) is 12.8 Å². The lowest BCUT2D eigenvalue weighted by molar-refractivity contribution is 0.835. The topological polar surface area (TPSA) is 8.17 Å². The molecule has 5 rings (SSSR count). The summed E-state index contributed by atoms with van der Waals surface area (Å²) in [6.07, 6.45) is 1.92. The number of benzene rings is 4. The molecule has 0 aliphatic heterocycles.